The zero-order valence-corrected chi connectivity index (χ0v) is 13.1. The summed E-state index contributed by atoms with van der Waals surface area (Å²) in [7, 11) is 1.46. The van der Waals surface area contributed by atoms with Crippen LogP contribution in [0.4, 0.5) is 0 Å². The van der Waals surface area contributed by atoms with Gasteiger partial charge in [0.1, 0.15) is 5.65 Å². The van der Waals surface area contributed by atoms with Crippen molar-refractivity contribution in [1.82, 2.24) is 29.4 Å². The summed E-state index contributed by atoms with van der Waals surface area (Å²) < 4.78 is 8.10. The van der Waals surface area contributed by atoms with Crippen LogP contribution in [0.5, 0.6) is 5.75 Å². The van der Waals surface area contributed by atoms with Crippen LogP contribution in [0.3, 0.4) is 0 Å². The number of methoxy groups -OCH3 is 1. The second kappa shape index (κ2) is 5.34. The third kappa shape index (κ3) is 2.08. The molecule has 24 heavy (non-hydrogen) atoms. The molecule has 4 aromatic heterocycles. The van der Waals surface area contributed by atoms with E-state index < -0.39 is 0 Å². The average molecular weight is 322 g/mol. The maximum absolute atomic E-state index is 12.4. The fourth-order valence-electron chi connectivity index (χ4n) is 2.64. The molecular formula is C16H14N6O2. The lowest BCUT2D eigenvalue weighted by Gasteiger charge is -2.05. The lowest BCUT2D eigenvalue weighted by molar-refractivity contribution is 0.400. The van der Waals surface area contributed by atoms with E-state index in [1.54, 1.807) is 30.2 Å². The highest BCUT2D eigenvalue weighted by Gasteiger charge is 2.16. The van der Waals surface area contributed by atoms with Gasteiger partial charge in [-0.1, -0.05) is 6.07 Å². The molecule has 0 aliphatic heterocycles. The number of aryl methyl sites for hydroxylation is 1. The summed E-state index contributed by atoms with van der Waals surface area (Å²) in [6.07, 6.45) is 6.89. The lowest BCUT2D eigenvalue weighted by atomic mass is 10.2. The minimum absolute atomic E-state index is 0.251. The number of nitrogens with zero attached hydrogens (tertiary/aromatic N) is 5. The Morgan fingerprint density at radius 1 is 1.21 bits per heavy atom. The van der Waals surface area contributed by atoms with Gasteiger partial charge in [0.05, 0.1) is 25.2 Å². The number of pyridine rings is 1. The molecule has 0 bridgehead atoms. The van der Waals surface area contributed by atoms with E-state index in [0.717, 1.165) is 11.1 Å². The van der Waals surface area contributed by atoms with E-state index in [0.29, 0.717) is 17.2 Å². The SMILES string of the molecule is COc1c(C)[nH]c2c(-c3cnn(-c4ccccn4)c3)cnn2c1=O. The van der Waals surface area contributed by atoms with Gasteiger partial charge in [0.2, 0.25) is 5.75 Å². The van der Waals surface area contributed by atoms with Crippen LogP contribution < -0.4 is 10.3 Å². The summed E-state index contributed by atoms with van der Waals surface area (Å²) >= 11 is 0. The zero-order valence-electron chi connectivity index (χ0n) is 13.1. The molecule has 0 aliphatic rings. The molecule has 8 heteroatoms. The maximum atomic E-state index is 12.4. The molecule has 8 nitrogen and oxygen atoms in total. The second-order valence-corrected chi connectivity index (χ2v) is 5.27. The number of aromatic nitrogens is 6. The second-order valence-electron chi connectivity index (χ2n) is 5.27. The van der Waals surface area contributed by atoms with Crippen LogP contribution >= 0.6 is 0 Å². The molecule has 0 saturated carbocycles. The van der Waals surface area contributed by atoms with E-state index in [4.69, 9.17) is 4.74 Å². The van der Waals surface area contributed by atoms with Crippen LogP contribution in [-0.4, -0.2) is 36.5 Å². The number of H-pyrrole nitrogens is 1. The number of fused-ring (bicyclic) bond motifs is 1. The molecule has 0 amide bonds. The Morgan fingerprint density at radius 2 is 2.08 bits per heavy atom. The molecular weight excluding hydrogens is 308 g/mol. The monoisotopic (exact) mass is 322 g/mol. The van der Waals surface area contributed by atoms with E-state index in [2.05, 4.69) is 20.2 Å². The van der Waals surface area contributed by atoms with E-state index in [9.17, 15) is 4.79 Å². The van der Waals surface area contributed by atoms with Crippen LogP contribution in [0.25, 0.3) is 22.6 Å². The zero-order chi connectivity index (χ0) is 16.7. The van der Waals surface area contributed by atoms with E-state index in [1.807, 2.05) is 24.4 Å². The Bertz CT molecular complexity index is 1080. The normalized spacial score (nSPS) is 11.1. The maximum Gasteiger partial charge on any atom is 0.316 e. The topological polar surface area (TPSA) is 90.1 Å². The van der Waals surface area contributed by atoms with Crippen molar-refractivity contribution < 1.29 is 4.74 Å². The highest BCUT2D eigenvalue weighted by Crippen LogP contribution is 2.24. The number of rotatable bonds is 3. The van der Waals surface area contributed by atoms with Gasteiger partial charge in [0.25, 0.3) is 0 Å². The third-order valence-electron chi connectivity index (χ3n) is 3.78. The van der Waals surface area contributed by atoms with Crippen molar-refractivity contribution in [3.63, 3.8) is 0 Å². The molecule has 0 radical (unpaired) electrons. The summed E-state index contributed by atoms with van der Waals surface area (Å²) in [4.78, 5) is 19.8. The Kier molecular flexibility index (Phi) is 3.16. The Morgan fingerprint density at radius 3 is 2.83 bits per heavy atom. The molecule has 0 saturated heterocycles. The molecule has 4 aromatic rings. The van der Waals surface area contributed by atoms with Crippen molar-refractivity contribution in [2.75, 3.05) is 7.11 Å². The van der Waals surface area contributed by atoms with Gasteiger partial charge in [-0.15, -0.1) is 0 Å². The number of hydrogen-bond donors (Lipinski definition) is 1. The van der Waals surface area contributed by atoms with Gasteiger partial charge < -0.3 is 9.72 Å². The Hall–Kier alpha value is -3.42. The van der Waals surface area contributed by atoms with Crippen molar-refractivity contribution in [3.8, 4) is 22.7 Å². The highest BCUT2D eigenvalue weighted by molar-refractivity contribution is 5.76. The molecule has 0 atom stereocenters. The number of aromatic amines is 1. The van der Waals surface area contributed by atoms with Gasteiger partial charge in [0.15, 0.2) is 5.82 Å². The Balaban J connectivity index is 1.86. The summed E-state index contributed by atoms with van der Waals surface area (Å²) in [5, 5.41) is 8.49. The highest BCUT2D eigenvalue weighted by atomic mass is 16.5. The lowest BCUT2D eigenvalue weighted by Crippen LogP contribution is -2.18. The first-order valence-corrected chi connectivity index (χ1v) is 7.30. The Labute approximate surface area is 136 Å². The van der Waals surface area contributed by atoms with Crippen molar-refractivity contribution >= 4 is 5.65 Å². The number of hydrogen-bond acceptors (Lipinski definition) is 5. The van der Waals surface area contributed by atoms with Crippen LogP contribution in [0.15, 0.2) is 47.8 Å². The summed E-state index contributed by atoms with van der Waals surface area (Å²) in [6.45, 7) is 1.79. The first kappa shape index (κ1) is 14.2. The molecule has 0 aliphatic carbocycles. The molecule has 0 spiro atoms. The standard InChI is InChI=1S/C16H14N6O2/c1-10-14(24-2)16(23)22-15(20-10)12(8-19-22)11-7-18-21(9-11)13-5-3-4-6-17-13/h3-9,20H,1-2H3. The average Bonchev–Trinajstić information content (AvgIpc) is 3.22. The molecule has 0 fully saturated rings. The van der Waals surface area contributed by atoms with Gasteiger partial charge >= 0.3 is 5.56 Å². The summed E-state index contributed by atoms with van der Waals surface area (Å²) in [5.41, 5.74) is 2.55. The third-order valence-corrected chi connectivity index (χ3v) is 3.78. The van der Waals surface area contributed by atoms with E-state index in [1.165, 1.54) is 11.6 Å². The smallest absolute Gasteiger partial charge is 0.316 e. The summed E-state index contributed by atoms with van der Waals surface area (Å²) in [5.74, 6) is 0.966. The van der Waals surface area contributed by atoms with Gasteiger partial charge in [-0.25, -0.2) is 9.67 Å². The van der Waals surface area contributed by atoms with Crippen LogP contribution in [0.1, 0.15) is 5.69 Å². The fraction of sp³-hybridized carbons (Fsp3) is 0.125. The fourth-order valence-corrected chi connectivity index (χ4v) is 2.64. The predicted octanol–water partition coefficient (Wildman–Crippen LogP) is 1.59. The first-order valence-electron chi connectivity index (χ1n) is 7.30. The van der Waals surface area contributed by atoms with Gasteiger partial charge in [-0.05, 0) is 19.1 Å². The minimum atomic E-state index is -0.299. The van der Waals surface area contributed by atoms with Crippen LogP contribution in [-0.2, 0) is 0 Å². The predicted molar refractivity (Wildman–Crippen MR) is 87.5 cm³/mol. The quantitative estimate of drug-likeness (QED) is 0.618. The summed E-state index contributed by atoms with van der Waals surface area (Å²) in [6, 6.07) is 5.61. The largest absolute Gasteiger partial charge is 0.490 e. The van der Waals surface area contributed by atoms with E-state index >= 15 is 0 Å². The molecule has 1 N–H and O–H groups in total. The number of ether oxygens (including phenoxy) is 1. The molecule has 4 heterocycles. The number of nitrogens with one attached hydrogen (secondary N) is 1. The van der Waals surface area contributed by atoms with Crippen molar-refractivity contribution in [2.24, 2.45) is 0 Å². The van der Waals surface area contributed by atoms with E-state index in [-0.39, 0.29) is 11.3 Å². The van der Waals surface area contributed by atoms with Crippen molar-refractivity contribution in [2.45, 2.75) is 6.92 Å². The van der Waals surface area contributed by atoms with Gasteiger partial charge in [-0.3, -0.25) is 4.79 Å². The molecule has 120 valence electrons. The first-order chi connectivity index (χ1) is 11.7. The molecule has 0 aromatic carbocycles. The van der Waals surface area contributed by atoms with Crippen LogP contribution in [0.2, 0.25) is 0 Å². The van der Waals surface area contributed by atoms with Gasteiger partial charge in [-0.2, -0.15) is 14.7 Å². The van der Waals surface area contributed by atoms with Gasteiger partial charge in [0, 0.05) is 23.5 Å². The minimum Gasteiger partial charge on any atom is -0.490 e. The van der Waals surface area contributed by atoms with Crippen LogP contribution in [0, 0.1) is 6.92 Å². The van der Waals surface area contributed by atoms with Crippen molar-refractivity contribution in [1.29, 1.82) is 0 Å². The van der Waals surface area contributed by atoms with Crippen molar-refractivity contribution in [3.05, 3.63) is 59.0 Å². The molecule has 4 rings (SSSR count). The molecule has 0 unspecified atom stereocenters.